The molecule has 2 aliphatic rings. The van der Waals surface area contributed by atoms with Crippen LogP contribution in [0.5, 0.6) is 0 Å². The molecule has 0 bridgehead atoms. The lowest BCUT2D eigenvalue weighted by Gasteiger charge is -2.11. The average Bonchev–Trinajstić information content (AvgIpc) is 3.25. The fourth-order valence-corrected chi connectivity index (χ4v) is 3.66. The molecule has 140 valence electrons. The molecule has 0 fully saturated rings. The first-order valence-electron chi connectivity index (χ1n) is 9.32. The second-order valence-corrected chi connectivity index (χ2v) is 6.87. The van der Waals surface area contributed by atoms with E-state index in [0.29, 0.717) is 22.6 Å². The topological polar surface area (TPSA) is 52.6 Å². The van der Waals surface area contributed by atoms with Gasteiger partial charge in [-0.25, -0.2) is 9.59 Å². The van der Waals surface area contributed by atoms with Gasteiger partial charge in [0, 0.05) is 17.0 Å². The number of fused-ring (bicyclic) bond motifs is 2. The lowest BCUT2D eigenvalue weighted by molar-refractivity contribution is 0.0706. The molecule has 29 heavy (non-hydrogen) atoms. The summed E-state index contributed by atoms with van der Waals surface area (Å²) in [6.45, 7) is 0. The fourth-order valence-electron chi connectivity index (χ4n) is 3.66. The lowest BCUT2D eigenvalue weighted by Crippen LogP contribution is -1.97. The Hall–Kier alpha value is -3.92. The summed E-state index contributed by atoms with van der Waals surface area (Å²) in [5.74, 6) is 0.0508. The smallest absolute Gasteiger partial charge is 0.344 e. The van der Waals surface area contributed by atoms with Crippen molar-refractivity contribution in [2.24, 2.45) is 0 Å². The second-order valence-electron chi connectivity index (χ2n) is 6.87. The first kappa shape index (κ1) is 17.2. The number of hydrogen-bond acceptors (Lipinski definition) is 4. The van der Waals surface area contributed by atoms with Gasteiger partial charge in [-0.3, -0.25) is 0 Å². The Morgan fingerprint density at radius 3 is 1.45 bits per heavy atom. The summed E-state index contributed by atoms with van der Waals surface area (Å²) in [6, 6.07) is 24.4. The van der Waals surface area contributed by atoms with E-state index in [2.05, 4.69) is 0 Å². The minimum atomic E-state index is -0.357. The van der Waals surface area contributed by atoms with Crippen LogP contribution in [0.25, 0.3) is 11.5 Å². The molecule has 0 N–H and O–H groups in total. The summed E-state index contributed by atoms with van der Waals surface area (Å²) in [6.07, 6.45) is 3.78. The van der Waals surface area contributed by atoms with Crippen LogP contribution in [0.4, 0.5) is 0 Å². The van der Waals surface area contributed by atoms with Crippen molar-refractivity contribution >= 4 is 23.5 Å². The molecule has 2 aliphatic heterocycles. The third kappa shape index (κ3) is 3.05. The van der Waals surface area contributed by atoms with Gasteiger partial charge in [0.05, 0.1) is 11.1 Å². The zero-order valence-electron chi connectivity index (χ0n) is 15.4. The molecular formula is C25H16O4. The molecule has 4 heteroatoms. The van der Waals surface area contributed by atoms with Gasteiger partial charge in [-0.05, 0) is 29.8 Å². The first-order valence-corrected chi connectivity index (χ1v) is 9.32. The zero-order valence-corrected chi connectivity index (χ0v) is 15.4. The molecule has 4 nitrogen and oxygen atoms in total. The monoisotopic (exact) mass is 380 g/mol. The van der Waals surface area contributed by atoms with E-state index in [9.17, 15) is 9.59 Å². The molecule has 0 saturated carbocycles. The minimum Gasteiger partial charge on any atom is -0.423 e. The Balaban J connectivity index is 1.62. The van der Waals surface area contributed by atoms with Crippen molar-refractivity contribution in [3.05, 3.63) is 119 Å². The molecule has 0 aromatic heterocycles. The molecule has 0 spiro atoms. The Morgan fingerprint density at radius 1 is 0.552 bits per heavy atom. The van der Waals surface area contributed by atoms with E-state index in [0.717, 1.165) is 16.7 Å². The summed E-state index contributed by atoms with van der Waals surface area (Å²) in [4.78, 5) is 24.4. The van der Waals surface area contributed by atoms with Gasteiger partial charge in [0.2, 0.25) is 0 Å². The molecule has 0 saturated heterocycles. The van der Waals surface area contributed by atoms with Crippen molar-refractivity contribution in [2.45, 2.75) is 5.92 Å². The molecule has 0 unspecified atom stereocenters. The Labute approximate surface area is 167 Å². The molecule has 0 atom stereocenters. The van der Waals surface area contributed by atoms with Crippen LogP contribution in [0.3, 0.4) is 0 Å². The maximum atomic E-state index is 12.2. The van der Waals surface area contributed by atoms with E-state index in [-0.39, 0.29) is 17.9 Å². The minimum absolute atomic E-state index is 0.251. The number of rotatable bonds is 3. The number of benzene rings is 3. The number of hydrogen-bond donors (Lipinski definition) is 0. The standard InChI is InChI=1S/C25H16O4/c26-24-20-12-6-4-10-18(20)22(28-24)14-17(16-8-2-1-3-9-16)15-23-19-11-5-7-13-21(19)25(27)29-23/h1-15,17H/b22-14-,23-15-. The van der Waals surface area contributed by atoms with Gasteiger partial charge in [-0.2, -0.15) is 0 Å². The number of carbonyl (C=O) groups excluding carboxylic acids is 2. The van der Waals surface area contributed by atoms with E-state index >= 15 is 0 Å². The van der Waals surface area contributed by atoms with Crippen molar-refractivity contribution < 1.29 is 19.1 Å². The molecule has 2 heterocycles. The summed E-state index contributed by atoms with van der Waals surface area (Å²) in [5, 5.41) is 0. The predicted molar refractivity (Wildman–Crippen MR) is 109 cm³/mol. The van der Waals surface area contributed by atoms with Crippen LogP contribution in [0.1, 0.15) is 43.3 Å². The van der Waals surface area contributed by atoms with Crippen molar-refractivity contribution in [3.63, 3.8) is 0 Å². The van der Waals surface area contributed by atoms with Crippen molar-refractivity contribution in [1.82, 2.24) is 0 Å². The van der Waals surface area contributed by atoms with Crippen LogP contribution in [0.2, 0.25) is 0 Å². The van der Waals surface area contributed by atoms with E-state index in [4.69, 9.17) is 9.47 Å². The van der Waals surface area contributed by atoms with E-state index in [1.165, 1.54) is 0 Å². The third-order valence-electron chi connectivity index (χ3n) is 5.08. The summed E-state index contributed by atoms with van der Waals surface area (Å²) < 4.78 is 11.0. The van der Waals surface area contributed by atoms with Crippen LogP contribution in [-0.4, -0.2) is 11.9 Å². The van der Waals surface area contributed by atoms with Gasteiger partial charge in [0.1, 0.15) is 11.5 Å². The van der Waals surface area contributed by atoms with Crippen molar-refractivity contribution in [3.8, 4) is 0 Å². The number of ether oxygens (including phenoxy) is 2. The molecular weight excluding hydrogens is 364 g/mol. The molecule has 0 aliphatic carbocycles. The van der Waals surface area contributed by atoms with Gasteiger partial charge < -0.3 is 9.47 Å². The highest BCUT2D eigenvalue weighted by Gasteiger charge is 2.29. The Kier molecular flexibility index (Phi) is 4.10. The summed E-state index contributed by atoms with van der Waals surface area (Å²) >= 11 is 0. The summed E-state index contributed by atoms with van der Waals surface area (Å²) in [7, 11) is 0. The SMILES string of the molecule is O=C1O/C(=C\C(/C=C2\OC(=O)c3ccccc32)c2ccccc2)c2ccccc21. The van der Waals surface area contributed by atoms with Crippen LogP contribution >= 0.6 is 0 Å². The average molecular weight is 380 g/mol. The van der Waals surface area contributed by atoms with E-state index in [1.807, 2.05) is 78.9 Å². The van der Waals surface area contributed by atoms with Gasteiger partial charge in [0.25, 0.3) is 0 Å². The fraction of sp³-hybridized carbons (Fsp3) is 0.0400. The Morgan fingerprint density at radius 2 is 0.966 bits per heavy atom. The number of cyclic esters (lactones) is 2. The first-order chi connectivity index (χ1) is 14.2. The third-order valence-corrected chi connectivity index (χ3v) is 5.08. The molecule has 3 aromatic carbocycles. The molecule has 0 amide bonds. The predicted octanol–water partition coefficient (Wildman–Crippen LogP) is 5.19. The molecule has 0 radical (unpaired) electrons. The lowest BCUT2D eigenvalue weighted by atomic mass is 9.94. The van der Waals surface area contributed by atoms with Gasteiger partial charge in [-0.1, -0.05) is 66.7 Å². The maximum absolute atomic E-state index is 12.2. The number of esters is 2. The van der Waals surface area contributed by atoms with Crippen molar-refractivity contribution in [1.29, 1.82) is 0 Å². The zero-order chi connectivity index (χ0) is 19.8. The molecule has 5 rings (SSSR count). The highest BCUT2D eigenvalue weighted by atomic mass is 16.5. The largest absolute Gasteiger partial charge is 0.423 e. The second kappa shape index (κ2) is 6.91. The van der Waals surface area contributed by atoms with Crippen molar-refractivity contribution in [2.75, 3.05) is 0 Å². The number of allylic oxidation sites excluding steroid dienone is 2. The number of carbonyl (C=O) groups is 2. The highest BCUT2D eigenvalue weighted by Crippen LogP contribution is 2.36. The van der Waals surface area contributed by atoms with Crippen LogP contribution < -0.4 is 0 Å². The van der Waals surface area contributed by atoms with Crippen LogP contribution in [0, 0.1) is 0 Å². The van der Waals surface area contributed by atoms with Crippen LogP contribution in [-0.2, 0) is 9.47 Å². The summed E-state index contributed by atoms with van der Waals surface area (Å²) in [5.41, 5.74) is 3.63. The van der Waals surface area contributed by atoms with Crippen LogP contribution in [0.15, 0.2) is 91.0 Å². The van der Waals surface area contributed by atoms with E-state index in [1.54, 1.807) is 12.1 Å². The van der Waals surface area contributed by atoms with Gasteiger partial charge in [-0.15, -0.1) is 0 Å². The van der Waals surface area contributed by atoms with E-state index < -0.39 is 0 Å². The quantitative estimate of drug-likeness (QED) is 0.587. The van der Waals surface area contributed by atoms with Gasteiger partial charge in [0.15, 0.2) is 0 Å². The maximum Gasteiger partial charge on any atom is 0.344 e. The van der Waals surface area contributed by atoms with Gasteiger partial charge >= 0.3 is 11.9 Å². The molecule has 3 aromatic rings. The normalized spacial score (nSPS) is 17.4. The Bertz CT molecular complexity index is 1110. The highest BCUT2D eigenvalue weighted by molar-refractivity contribution is 6.04.